The molecule has 1 aromatic rings. The molecule has 5 nitrogen and oxygen atoms in total. The molecule has 1 fully saturated rings. The summed E-state index contributed by atoms with van der Waals surface area (Å²) in [7, 11) is 8.04. The van der Waals surface area contributed by atoms with Crippen LogP contribution in [-0.4, -0.2) is 58.8 Å². The second kappa shape index (κ2) is 8.92. The van der Waals surface area contributed by atoms with Crippen molar-refractivity contribution in [1.82, 2.24) is 10.2 Å². The molecule has 0 bridgehead atoms. The second-order valence-corrected chi connectivity index (χ2v) is 6.87. The van der Waals surface area contributed by atoms with Gasteiger partial charge in [0.2, 0.25) is 0 Å². The molecule has 2 rings (SSSR count). The smallest absolute Gasteiger partial charge is 0.193 e. The molecule has 0 heterocycles. The van der Waals surface area contributed by atoms with E-state index in [1.165, 1.54) is 29.7 Å². The van der Waals surface area contributed by atoms with Crippen LogP contribution in [0.3, 0.4) is 0 Å². The number of aryl methyl sites for hydroxylation is 1. The fourth-order valence-corrected chi connectivity index (χ4v) is 2.64. The third kappa shape index (κ3) is 5.71. The zero-order valence-electron chi connectivity index (χ0n) is 15.8. The van der Waals surface area contributed by atoms with Crippen molar-refractivity contribution in [1.29, 1.82) is 0 Å². The van der Waals surface area contributed by atoms with Gasteiger partial charge in [-0.3, -0.25) is 4.99 Å². The average molecular weight is 332 g/mol. The van der Waals surface area contributed by atoms with E-state index in [1.54, 1.807) is 0 Å². The number of ether oxygens (including phenoxy) is 1. The monoisotopic (exact) mass is 332 g/mol. The highest BCUT2D eigenvalue weighted by Crippen LogP contribution is 2.28. The molecule has 5 heteroatoms. The van der Waals surface area contributed by atoms with Crippen LogP contribution in [0.5, 0.6) is 0 Å². The molecule has 1 aliphatic rings. The van der Waals surface area contributed by atoms with Crippen molar-refractivity contribution in [3.63, 3.8) is 0 Å². The van der Waals surface area contributed by atoms with Crippen LogP contribution in [0.15, 0.2) is 23.2 Å². The molecule has 0 unspecified atom stereocenters. The number of likely N-dealkylation sites (N-methyl/N-ethyl adjacent to an activating group) is 1. The van der Waals surface area contributed by atoms with Crippen molar-refractivity contribution in [2.24, 2.45) is 10.9 Å². The Balaban J connectivity index is 1.83. The largest absolute Gasteiger partial charge is 0.379 e. The van der Waals surface area contributed by atoms with E-state index in [9.17, 15) is 0 Å². The molecule has 0 amide bonds. The molecule has 0 radical (unpaired) electrons. The van der Waals surface area contributed by atoms with Gasteiger partial charge in [-0.2, -0.15) is 0 Å². The molecular weight excluding hydrogens is 300 g/mol. The number of aliphatic imine (C=N–C) groups is 1. The highest BCUT2D eigenvalue weighted by atomic mass is 16.5. The van der Waals surface area contributed by atoms with E-state index in [2.05, 4.69) is 66.4 Å². The Labute approximate surface area is 146 Å². The molecule has 0 saturated heterocycles. The summed E-state index contributed by atoms with van der Waals surface area (Å²) in [6, 6.07) is 6.56. The van der Waals surface area contributed by atoms with Gasteiger partial charge in [0.1, 0.15) is 0 Å². The van der Waals surface area contributed by atoms with Crippen LogP contribution in [0, 0.1) is 12.8 Å². The van der Waals surface area contributed by atoms with Gasteiger partial charge in [-0.15, -0.1) is 0 Å². The molecule has 1 aromatic carbocycles. The van der Waals surface area contributed by atoms with Crippen LogP contribution < -0.4 is 10.2 Å². The van der Waals surface area contributed by atoms with Gasteiger partial charge in [-0.25, -0.2) is 0 Å². The molecule has 0 atom stereocenters. The molecule has 1 N–H and O–H groups in total. The summed E-state index contributed by atoms with van der Waals surface area (Å²) in [5.74, 6) is 1.72. The van der Waals surface area contributed by atoms with Crippen molar-refractivity contribution in [3.05, 3.63) is 29.3 Å². The first-order valence-corrected chi connectivity index (χ1v) is 8.77. The Morgan fingerprint density at radius 3 is 2.67 bits per heavy atom. The molecule has 0 aromatic heterocycles. The van der Waals surface area contributed by atoms with Gasteiger partial charge >= 0.3 is 0 Å². The van der Waals surface area contributed by atoms with Crippen molar-refractivity contribution < 1.29 is 4.74 Å². The summed E-state index contributed by atoms with van der Waals surface area (Å²) in [5, 5.41) is 3.46. The lowest BCUT2D eigenvalue weighted by Crippen LogP contribution is -2.40. The maximum Gasteiger partial charge on any atom is 0.193 e. The number of hydrogen-bond acceptors (Lipinski definition) is 3. The average Bonchev–Trinajstić information content (AvgIpc) is 3.37. The van der Waals surface area contributed by atoms with Gasteiger partial charge in [0, 0.05) is 53.6 Å². The van der Waals surface area contributed by atoms with Crippen LogP contribution in [0.4, 0.5) is 5.69 Å². The third-order valence-electron chi connectivity index (χ3n) is 4.35. The molecule has 0 aliphatic heterocycles. The second-order valence-electron chi connectivity index (χ2n) is 6.87. The summed E-state index contributed by atoms with van der Waals surface area (Å²) in [6.45, 7) is 5.39. The highest BCUT2D eigenvalue weighted by Gasteiger charge is 2.21. The zero-order valence-corrected chi connectivity index (χ0v) is 15.8. The molecule has 0 spiro atoms. The van der Waals surface area contributed by atoms with Crippen LogP contribution in [0.2, 0.25) is 0 Å². The first-order chi connectivity index (χ1) is 11.5. The maximum atomic E-state index is 5.72. The highest BCUT2D eigenvalue weighted by molar-refractivity contribution is 5.79. The van der Waals surface area contributed by atoms with Gasteiger partial charge in [0.15, 0.2) is 5.96 Å². The quantitative estimate of drug-likeness (QED) is 0.451. The fourth-order valence-electron chi connectivity index (χ4n) is 2.64. The summed E-state index contributed by atoms with van der Waals surface area (Å²) >= 11 is 0. The summed E-state index contributed by atoms with van der Waals surface area (Å²) in [4.78, 5) is 8.66. The number of anilines is 1. The predicted octanol–water partition coefficient (Wildman–Crippen LogP) is 2.49. The minimum atomic E-state index is 0.751. The van der Waals surface area contributed by atoms with E-state index in [0.717, 1.165) is 38.2 Å². The number of benzene rings is 1. The lowest BCUT2D eigenvalue weighted by atomic mass is 10.1. The standard InChI is InChI=1S/C19H32N4O/c1-15-6-9-17(18(12-15)22(3)4)13-21-19(20-2)23(5)10-11-24-14-16-7-8-16/h6,9,12,16H,7-8,10-11,13-14H2,1-5H3,(H,20,21). The lowest BCUT2D eigenvalue weighted by molar-refractivity contribution is 0.115. The summed E-state index contributed by atoms with van der Waals surface area (Å²) in [6.07, 6.45) is 2.67. The number of guanidine groups is 1. The number of nitrogens with one attached hydrogen (secondary N) is 1. The maximum absolute atomic E-state index is 5.72. The Kier molecular flexibility index (Phi) is 6.91. The van der Waals surface area contributed by atoms with Gasteiger partial charge in [0.05, 0.1) is 6.61 Å². The van der Waals surface area contributed by atoms with E-state index in [0.29, 0.717) is 0 Å². The van der Waals surface area contributed by atoms with E-state index < -0.39 is 0 Å². The Morgan fingerprint density at radius 1 is 1.29 bits per heavy atom. The first kappa shape index (κ1) is 18.6. The minimum Gasteiger partial charge on any atom is -0.379 e. The van der Waals surface area contributed by atoms with Gasteiger partial charge < -0.3 is 19.9 Å². The number of nitrogens with zero attached hydrogens (tertiary/aromatic N) is 3. The number of rotatable bonds is 8. The first-order valence-electron chi connectivity index (χ1n) is 8.77. The predicted molar refractivity (Wildman–Crippen MR) is 102 cm³/mol. The molecular formula is C19H32N4O. The van der Waals surface area contributed by atoms with Gasteiger partial charge in [0.25, 0.3) is 0 Å². The van der Waals surface area contributed by atoms with Crippen LogP contribution >= 0.6 is 0 Å². The summed E-state index contributed by atoms with van der Waals surface area (Å²) in [5.41, 5.74) is 3.79. The summed E-state index contributed by atoms with van der Waals surface area (Å²) < 4.78 is 5.72. The Morgan fingerprint density at radius 2 is 2.04 bits per heavy atom. The normalized spacial score (nSPS) is 14.6. The molecule has 1 saturated carbocycles. The van der Waals surface area contributed by atoms with Crippen molar-refractivity contribution in [2.45, 2.75) is 26.3 Å². The zero-order chi connectivity index (χ0) is 17.5. The third-order valence-corrected chi connectivity index (χ3v) is 4.35. The topological polar surface area (TPSA) is 40.1 Å². The van der Waals surface area contributed by atoms with Gasteiger partial charge in [-0.05, 0) is 42.9 Å². The van der Waals surface area contributed by atoms with Crippen molar-refractivity contribution in [2.75, 3.05) is 52.8 Å². The minimum absolute atomic E-state index is 0.751. The van der Waals surface area contributed by atoms with E-state index >= 15 is 0 Å². The SMILES string of the molecule is CN=C(NCc1ccc(C)cc1N(C)C)N(C)CCOCC1CC1. The Bertz CT molecular complexity index is 552. The van der Waals surface area contributed by atoms with Crippen molar-refractivity contribution >= 4 is 11.6 Å². The van der Waals surface area contributed by atoms with Crippen LogP contribution in [0.25, 0.3) is 0 Å². The lowest BCUT2D eigenvalue weighted by Gasteiger charge is -2.24. The van der Waals surface area contributed by atoms with E-state index in [4.69, 9.17) is 4.74 Å². The van der Waals surface area contributed by atoms with Gasteiger partial charge in [-0.1, -0.05) is 12.1 Å². The van der Waals surface area contributed by atoms with Crippen LogP contribution in [0.1, 0.15) is 24.0 Å². The fraction of sp³-hybridized carbons (Fsp3) is 0.632. The molecule has 134 valence electrons. The molecule has 1 aliphatic carbocycles. The van der Waals surface area contributed by atoms with Crippen molar-refractivity contribution in [3.8, 4) is 0 Å². The van der Waals surface area contributed by atoms with E-state index in [-0.39, 0.29) is 0 Å². The van der Waals surface area contributed by atoms with Crippen LogP contribution in [-0.2, 0) is 11.3 Å². The van der Waals surface area contributed by atoms with E-state index in [1.807, 2.05) is 7.05 Å². The molecule has 24 heavy (non-hydrogen) atoms. The number of hydrogen-bond donors (Lipinski definition) is 1. The Hall–Kier alpha value is -1.75.